The molecule has 0 unspecified atom stereocenters. The first-order chi connectivity index (χ1) is 14.9. The minimum atomic E-state index is -2.88. The molecule has 2 aromatic rings. The van der Waals surface area contributed by atoms with E-state index in [4.69, 9.17) is 5.84 Å². The predicted octanol–water partition coefficient (Wildman–Crippen LogP) is 3.44. The molecule has 1 amide bonds. The Morgan fingerprint density at radius 1 is 1.16 bits per heavy atom. The van der Waals surface area contributed by atoms with Crippen LogP contribution in [0.2, 0.25) is 0 Å². The number of thioether (sulfide) groups is 1. The molecule has 1 aromatic carbocycles. The van der Waals surface area contributed by atoms with Crippen molar-refractivity contribution in [3.63, 3.8) is 0 Å². The van der Waals surface area contributed by atoms with Crippen LogP contribution < -0.4 is 15.9 Å². The Kier molecular flexibility index (Phi) is 5.27. The number of benzene rings is 1. The summed E-state index contributed by atoms with van der Waals surface area (Å²) in [5.41, 5.74) is 0.595. The molecule has 4 saturated carbocycles. The van der Waals surface area contributed by atoms with Crippen molar-refractivity contribution in [2.45, 2.75) is 55.8 Å². The highest BCUT2D eigenvalue weighted by molar-refractivity contribution is 7.99. The Labute approximate surface area is 183 Å². The summed E-state index contributed by atoms with van der Waals surface area (Å²) in [5, 5.41) is 11.9. The van der Waals surface area contributed by atoms with Gasteiger partial charge in [0.2, 0.25) is 11.1 Å². The molecule has 10 heteroatoms. The van der Waals surface area contributed by atoms with Gasteiger partial charge in [-0.15, -0.1) is 10.2 Å². The Morgan fingerprint density at radius 2 is 1.77 bits per heavy atom. The molecule has 4 aliphatic carbocycles. The summed E-state index contributed by atoms with van der Waals surface area (Å²) >= 11 is 1.24. The Bertz CT molecular complexity index is 930. The molecule has 166 valence electrons. The smallest absolute Gasteiger partial charge is 0.387 e. The lowest BCUT2D eigenvalue weighted by molar-refractivity contribution is -0.124. The van der Waals surface area contributed by atoms with Gasteiger partial charge in [-0.05, 0) is 80.5 Å². The number of alkyl halides is 2. The van der Waals surface area contributed by atoms with Crippen molar-refractivity contribution >= 4 is 17.7 Å². The van der Waals surface area contributed by atoms with Crippen LogP contribution in [-0.2, 0) is 4.79 Å². The highest BCUT2D eigenvalue weighted by Gasteiger charge is 2.51. The van der Waals surface area contributed by atoms with Gasteiger partial charge in [-0.2, -0.15) is 8.78 Å². The maximum Gasteiger partial charge on any atom is 0.387 e. The van der Waals surface area contributed by atoms with Gasteiger partial charge >= 0.3 is 6.61 Å². The molecule has 0 radical (unpaired) electrons. The number of nitrogens with two attached hydrogens (primary N) is 1. The summed E-state index contributed by atoms with van der Waals surface area (Å²) in [6.45, 7) is -2.88. The number of hydrogen-bond acceptors (Lipinski definition) is 6. The first-order valence-electron chi connectivity index (χ1n) is 10.6. The fraction of sp³-hybridized carbons (Fsp3) is 0.571. The molecule has 4 fully saturated rings. The molecule has 1 aromatic heterocycles. The molecular formula is C21H25F2N5O2S. The van der Waals surface area contributed by atoms with Crippen LogP contribution in [0, 0.1) is 17.8 Å². The molecule has 31 heavy (non-hydrogen) atoms. The van der Waals surface area contributed by atoms with E-state index in [1.807, 2.05) is 0 Å². The molecule has 0 atom stereocenters. The highest BCUT2D eigenvalue weighted by atomic mass is 32.2. The lowest BCUT2D eigenvalue weighted by Gasteiger charge is -2.56. The van der Waals surface area contributed by atoms with E-state index < -0.39 is 6.61 Å². The van der Waals surface area contributed by atoms with Gasteiger partial charge in [-0.25, -0.2) is 4.68 Å². The fourth-order valence-corrected chi connectivity index (χ4v) is 6.74. The topological polar surface area (TPSA) is 95.1 Å². The molecule has 6 rings (SSSR count). The zero-order valence-corrected chi connectivity index (χ0v) is 17.8. The van der Waals surface area contributed by atoms with Gasteiger partial charge in [0.15, 0.2) is 5.82 Å². The van der Waals surface area contributed by atoms with Crippen LogP contribution in [0.1, 0.15) is 38.5 Å². The van der Waals surface area contributed by atoms with E-state index in [1.165, 1.54) is 47.8 Å². The molecule has 3 N–H and O–H groups in total. The number of halogens is 2. The Balaban J connectivity index is 1.20. The summed E-state index contributed by atoms with van der Waals surface area (Å²) in [4.78, 5) is 12.7. The third-order valence-corrected chi connectivity index (χ3v) is 7.72. The maximum absolute atomic E-state index is 12.7. The average Bonchev–Trinajstić information content (AvgIpc) is 3.05. The van der Waals surface area contributed by atoms with Crippen molar-refractivity contribution in [2.75, 3.05) is 11.6 Å². The molecule has 0 saturated heterocycles. The number of hydrogen-bond donors (Lipinski definition) is 2. The van der Waals surface area contributed by atoms with E-state index in [2.05, 4.69) is 20.3 Å². The normalized spacial score (nSPS) is 28.8. The van der Waals surface area contributed by atoms with Gasteiger partial charge in [0, 0.05) is 11.1 Å². The second kappa shape index (κ2) is 7.96. The summed E-state index contributed by atoms with van der Waals surface area (Å²) < 4.78 is 30.3. The van der Waals surface area contributed by atoms with Crippen LogP contribution in [0.4, 0.5) is 8.78 Å². The van der Waals surface area contributed by atoms with Crippen LogP contribution in [0.15, 0.2) is 29.4 Å². The summed E-state index contributed by atoms with van der Waals surface area (Å²) in [6.07, 6.45) is 7.32. The van der Waals surface area contributed by atoms with E-state index in [0.29, 0.717) is 16.5 Å². The van der Waals surface area contributed by atoms with Crippen LogP contribution in [0.25, 0.3) is 11.4 Å². The van der Waals surface area contributed by atoms with Gasteiger partial charge < -0.3 is 15.9 Å². The van der Waals surface area contributed by atoms with Crippen LogP contribution in [-0.4, -0.2) is 38.7 Å². The maximum atomic E-state index is 12.7. The number of nitrogen functional groups attached to an aromatic ring is 1. The Morgan fingerprint density at radius 3 is 2.35 bits per heavy atom. The van der Waals surface area contributed by atoms with Crippen molar-refractivity contribution in [3.8, 4) is 17.1 Å². The van der Waals surface area contributed by atoms with Crippen LogP contribution in [0.3, 0.4) is 0 Å². The third kappa shape index (κ3) is 4.22. The second-order valence-corrected chi connectivity index (χ2v) is 10.1. The summed E-state index contributed by atoms with van der Waals surface area (Å²) in [7, 11) is 0. The number of carbonyl (C=O) groups excluding carboxylic acids is 1. The SMILES string of the molecule is Nn1c(SCC(=O)NC23CC4CC(CC(C4)C2)C3)nnc1-c1ccc(OC(F)F)cc1. The first-order valence-corrected chi connectivity index (χ1v) is 11.6. The fourth-order valence-electron chi connectivity index (χ4n) is 6.08. The average molecular weight is 450 g/mol. The molecular weight excluding hydrogens is 424 g/mol. The number of rotatable bonds is 7. The summed E-state index contributed by atoms with van der Waals surface area (Å²) in [5.74, 6) is 9.09. The van der Waals surface area contributed by atoms with Gasteiger partial charge in [0.25, 0.3) is 0 Å². The zero-order valence-electron chi connectivity index (χ0n) is 17.0. The minimum Gasteiger partial charge on any atom is -0.435 e. The highest BCUT2D eigenvalue weighted by Crippen LogP contribution is 2.55. The zero-order chi connectivity index (χ0) is 21.6. The number of amides is 1. The largest absolute Gasteiger partial charge is 0.435 e. The Hall–Kier alpha value is -2.36. The van der Waals surface area contributed by atoms with Crippen molar-refractivity contribution < 1.29 is 18.3 Å². The third-order valence-electron chi connectivity index (χ3n) is 6.78. The van der Waals surface area contributed by atoms with Crippen molar-refractivity contribution in [1.82, 2.24) is 20.2 Å². The molecule has 7 nitrogen and oxygen atoms in total. The van der Waals surface area contributed by atoms with E-state index in [9.17, 15) is 13.6 Å². The van der Waals surface area contributed by atoms with Gasteiger partial charge in [-0.1, -0.05) is 11.8 Å². The van der Waals surface area contributed by atoms with Crippen molar-refractivity contribution in [3.05, 3.63) is 24.3 Å². The van der Waals surface area contributed by atoms with Gasteiger partial charge in [0.05, 0.1) is 5.75 Å². The van der Waals surface area contributed by atoms with Crippen LogP contribution in [0.5, 0.6) is 5.75 Å². The number of nitrogens with one attached hydrogen (secondary N) is 1. The van der Waals surface area contributed by atoms with Crippen molar-refractivity contribution in [2.24, 2.45) is 17.8 Å². The lowest BCUT2D eigenvalue weighted by atomic mass is 9.53. The van der Waals surface area contributed by atoms with Crippen LogP contribution >= 0.6 is 11.8 Å². The monoisotopic (exact) mass is 449 g/mol. The van der Waals surface area contributed by atoms with Gasteiger partial charge in [0.1, 0.15) is 5.75 Å². The van der Waals surface area contributed by atoms with E-state index in [-0.39, 0.29) is 22.9 Å². The molecule has 0 aliphatic heterocycles. The quantitative estimate of drug-likeness (QED) is 0.497. The standard InChI is InChI=1S/C21H25F2N5O2S/c22-19(23)30-16-3-1-15(2-4-16)18-26-27-20(28(18)24)31-11-17(29)25-21-8-12-5-13(9-21)7-14(6-12)10-21/h1-4,12-14,19H,5-11,24H2,(H,25,29). The van der Waals surface area contributed by atoms with E-state index in [0.717, 1.165) is 37.0 Å². The minimum absolute atomic E-state index is 0.00463. The van der Waals surface area contributed by atoms with E-state index in [1.54, 1.807) is 12.1 Å². The lowest BCUT2D eigenvalue weighted by Crippen LogP contribution is -2.60. The van der Waals surface area contributed by atoms with Crippen molar-refractivity contribution in [1.29, 1.82) is 0 Å². The second-order valence-electron chi connectivity index (χ2n) is 9.11. The molecule has 1 heterocycles. The molecule has 4 bridgehead atoms. The predicted molar refractivity (Wildman–Crippen MR) is 112 cm³/mol. The number of ether oxygens (including phenoxy) is 1. The van der Waals surface area contributed by atoms with E-state index >= 15 is 0 Å². The number of aromatic nitrogens is 3. The molecule has 0 spiro atoms. The van der Waals surface area contributed by atoms with Gasteiger partial charge in [-0.3, -0.25) is 4.79 Å². The number of nitrogens with zero attached hydrogens (tertiary/aromatic N) is 3. The number of carbonyl (C=O) groups is 1. The first kappa shape index (κ1) is 20.5. The summed E-state index contributed by atoms with van der Waals surface area (Å²) in [6, 6.07) is 6.00. The molecule has 4 aliphatic rings.